The van der Waals surface area contributed by atoms with Crippen molar-refractivity contribution in [3.63, 3.8) is 0 Å². The highest BCUT2D eigenvalue weighted by atomic mass is 35.5. The number of nitro groups is 1. The lowest BCUT2D eigenvalue weighted by Gasteiger charge is -2.10. The Morgan fingerprint density at radius 1 is 1.58 bits per heavy atom. The van der Waals surface area contributed by atoms with Crippen molar-refractivity contribution in [2.45, 2.75) is 19.4 Å². The summed E-state index contributed by atoms with van der Waals surface area (Å²) in [6.07, 6.45) is 0.111. The normalized spacial score (nSPS) is 11.3. The van der Waals surface area contributed by atoms with E-state index in [1.807, 2.05) is 0 Å². The fraction of sp³-hybridized carbons (Fsp3) is 0.364. The molecule has 0 bridgehead atoms. The van der Waals surface area contributed by atoms with E-state index in [-0.39, 0.29) is 25.4 Å². The maximum absolute atomic E-state index is 11.3. The summed E-state index contributed by atoms with van der Waals surface area (Å²) in [6, 6.07) is 2.98. The predicted octanol–water partition coefficient (Wildman–Crippen LogP) is 1.16. The molecule has 1 rings (SSSR count). The number of hydrogen-bond acceptors (Lipinski definition) is 6. The number of halogens is 1. The third kappa shape index (κ3) is 4.72. The Morgan fingerprint density at radius 3 is 2.74 bits per heavy atom. The van der Waals surface area contributed by atoms with Crippen LogP contribution in [0.5, 0.6) is 5.75 Å². The summed E-state index contributed by atoms with van der Waals surface area (Å²) in [6.45, 7) is 1.89. The Kier molecular flexibility index (Phi) is 6.81. The first-order valence-corrected chi connectivity index (χ1v) is 5.34. The van der Waals surface area contributed by atoms with Crippen LogP contribution < -0.4 is 5.73 Å². The fourth-order valence-corrected chi connectivity index (χ4v) is 1.43. The van der Waals surface area contributed by atoms with Gasteiger partial charge >= 0.3 is 11.7 Å². The molecule has 1 aromatic rings. The van der Waals surface area contributed by atoms with E-state index in [0.29, 0.717) is 5.56 Å². The van der Waals surface area contributed by atoms with Gasteiger partial charge in [-0.15, -0.1) is 12.4 Å². The van der Waals surface area contributed by atoms with Crippen LogP contribution in [0.3, 0.4) is 0 Å². The van der Waals surface area contributed by atoms with E-state index in [9.17, 15) is 20.0 Å². The van der Waals surface area contributed by atoms with Crippen LogP contribution in [0.2, 0.25) is 0 Å². The maximum Gasteiger partial charge on any atom is 0.323 e. The van der Waals surface area contributed by atoms with Gasteiger partial charge in [-0.05, 0) is 25.0 Å². The SMILES string of the molecule is CCOC(=O)[C@@H](N)Cc1ccc(O)c([N+](=O)[O-])c1.Cl. The smallest absolute Gasteiger partial charge is 0.323 e. The van der Waals surface area contributed by atoms with Crippen molar-refractivity contribution in [3.05, 3.63) is 33.9 Å². The molecule has 7 nitrogen and oxygen atoms in total. The number of carbonyl (C=O) groups excluding carboxylic acids is 1. The molecule has 0 aliphatic rings. The van der Waals surface area contributed by atoms with Crippen LogP contribution in [0.4, 0.5) is 5.69 Å². The molecule has 0 aliphatic carbocycles. The minimum atomic E-state index is -0.880. The van der Waals surface area contributed by atoms with Crippen molar-refractivity contribution in [2.75, 3.05) is 6.61 Å². The van der Waals surface area contributed by atoms with E-state index >= 15 is 0 Å². The van der Waals surface area contributed by atoms with Crippen LogP contribution in [0.1, 0.15) is 12.5 Å². The van der Waals surface area contributed by atoms with Crippen LogP contribution in [-0.4, -0.2) is 28.6 Å². The lowest BCUT2D eigenvalue weighted by Crippen LogP contribution is -2.34. The van der Waals surface area contributed by atoms with E-state index in [1.54, 1.807) is 6.92 Å². The Balaban J connectivity index is 0.00000324. The van der Waals surface area contributed by atoms with Gasteiger partial charge in [-0.1, -0.05) is 6.07 Å². The standard InChI is InChI=1S/C11H14N2O5.ClH/c1-2-18-11(15)8(12)5-7-3-4-10(14)9(6-7)13(16)17;/h3-4,6,8,14H,2,5,12H2,1H3;1H/t8-;/m0./s1. The van der Waals surface area contributed by atoms with E-state index in [4.69, 9.17) is 10.5 Å². The first kappa shape index (κ1) is 17.1. The summed E-state index contributed by atoms with van der Waals surface area (Å²) in [5, 5.41) is 19.9. The summed E-state index contributed by atoms with van der Waals surface area (Å²) in [5.74, 6) is -0.985. The van der Waals surface area contributed by atoms with Gasteiger partial charge in [0.25, 0.3) is 0 Å². The summed E-state index contributed by atoms with van der Waals surface area (Å²) in [5.41, 5.74) is 5.67. The molecule has 1 atom stereocenters. The summed E-state index contributed by atoms with van der Waals surface area (Å²) in [7, 11) is 0. The molecule has 19 heavy (non-hydrogen) atoms. The number of nitro benzene ring substituents is 1. The maximum atomic E-state index is 11.3. The minimum absolute atomic E-state index is 0. The number of phenolic OH excluding ortho intramolecular Hbond substituents is 1. The first-order chi connectivity index (χ1) is 8.45. The highest BCUT2D eigenvalue weighted by Crippen LogP contribution is 2.26. The lowest BCUT2D eigenvalue weighted by molar-refractivity contribution is -0.385. The molecule has 106 valence electrons. The molecule has 0 radical (unpaired) electrons. The van der Waals surface area contributed by atoms with Crippen LogP contribution in [0.15, 0.2) is 18.2 Å². The predicted molar refractivity (Wildman–Crippen MR) is 70.3 cm³/mol. The molecule has 0 fully saturated rings. The molecule has 3 N–H and O–H groups in total. The lowest BCUT2D eigenvalue weighted by atomic mass is 10.1. The van der Waals surface area contributed by atoms with Crippen LogP contribution in [0, 0.1) is 10.1 Å². The average Bonchev–Trinajstić information content (AvgIpc) is 2.31. The first-order valence-electron chi connectivity index (χ1n) is 5.34. The van der Waals surface area contributed by atoms with Gasteiger partial charge in [-0.2, -0.15) is 0 Å². The van der Waals surface area contributed by atoms with Gasteiger partial charge in [-0.3, -0.25) is 14.9 Å². The van der Waals surface area contributed by atoms with Crippen molar-refractivity contribution < 1.29 is 19.6 Å². The number of nitrogens with zero attached hydrogens (tertiary/aromatic N) is 1. The minimum Gasteiger partial charge on any atom is -0.502 e. The zero-order valence-electron chi connectivity index (χ0n) is 10.2. The quantitative estimate of drug-likeness (QED) is 0.477. The number of carbonyl (C=O) groups is 1. The largest absolute Gasteiger partial charge is 0.502 e. The number of hydrogen-bond donors (Lipinski definition) is 2. The van der Waals surface area contributed by atoms with Crippen LogP contribution >= 0.6 is 12.4 Å². The summed E-state index contributed by atoms with van der Waals surface area (Å²) < 4.78 is 4.73. The third-order valence-electron chi connectivity index (χ3n) is 2.28. The number of nitrogens with two attached hydrogens (primary N) is 1. The Hall–Kier alpha value is -1.86. The zero-order chi connectivity index (χ0) is 13.7. The van der Waals surface area contributed by atoms with Gasteiger partial charge in [0, 0.05) is 6.07 Å². The van der Waals surface area contributed by atoms with Crippen molar-refractivity contribution in [2.24, 2.45) is 5.73 Å². The molecular weight excluding hydrogens is 276 g/mol. The highest BCUT2D eigenvalue weighted by Gasteiger charge is 2.18. The number of rotatable bonds is 5. The van der Waals surface area contributed by atoms with Crippen LogP contribution in [0.25, 0.3) is 0 Å². The molecule has 0 unspecified atom stereocenters. The third-order valence-corrected chi connectivity index (χ3v) is 2.28. The monoisotopic (exact) mass is 290 g/mol. The fourth-order valence-electron chi connectivity index (χ4n) is 1.43. The highest BCUT2D eigenvalue weighted by molar-refractivity contribution is 5.85. The van der Waals surface area contributed by atoms with E-state index < -0.39 is 28.4 Å². The molecule has 0 spiro atoms. The molecule has 0 saturated carbocycles. The van der Waals surface area contributed by atoms with Crippen molar-refractivity contribution >= 4 is 24.1 Å². The van der Waals surface area contributed by atoms with Crippen molar-refractivity contribution in [1.29, 1.82) is 0 Å². The number of benzene rings is 1. The van der Waals surface area contributed by atoms with Crippen molar-refractivity contribution in [1.82, 2.24) is 0 Å². The molecule has 8 heteroatoms. The van der Waals surface area contributed by atoms with Gasteiger partial charge in [0.2, 0.25) is 0 Å². The molecule has 0 amide bonds. The summed E-state index contributed by atoms with van der Waals surface area (Å²) >= 11 is 0. The Bertz CT molecular complexity index is 466. The second-order valence-electron chi connectivity index (χ2n) is 3.64. The summed E-state index contributed by atoms with van der Waals surface area (Å²) in [4.78, 5) is 21.2. The number of aromatic hydroxyl groups is 1. The molecule has 0 aromatic heterocycles. The van der Waals surface area contributed by atoms with Gasteiger partial charge in [0.1, 0.15) is 6.04 Å². The number of phenols is 1. The molecule has 1 aromatic carbocycles. The van der Waals surface area contributed by atoms with Crippen molar-refractivity contribution in [3.8, 4) is 5.75 Å². The van der Waals surface area contributed by atoms with Gasteiger partial charge < -0.3 is 15.6 Å². The second kappa shape index (κ2) is 7.55. The van der Waals surface area contributed by atoms with E-state index in [2.05, 4.69) is 0 Å². The zero-order valence-corrected chi connectivity index (χ0v) is 11.1. The molecule has 0 heterocycles. The van der Waals surface area contributed by atoms with E-state index in [0.717, 1.165) is 0 Å². The number of ether oxygens (including phenoxy) is 1. The van der Waals surface area contributed by atoms with E-state index in [1.165, 1.54) is 18.2 Å². The number of esters is 1. The topological polar surface area (TPSA) is 116 Å². The Morgan fingerprint density at radius 2 is 2.21 bits per heavy atom. The van der Waals surface area contributed by atoms with Gasteiger partial charge in [0.15, 0.2) is 5.75 Å². The molecule has 0 saturated heterocycles. The van der Waals surface area contributed by atoms with Gasteiger partial charge in [0.05, 0.1) is 11.5 Å². The molecular formula is C11H15ClN2O5. The van der Waals surface area contributed by atoms with Gasteiger partial charge in [-0.25, -0.2) is 0 Å². The average molecular weight is 291 g/mol. The molecule has 0 aliphatic heterocycles. The Labute approximate surface area is 115 Å². The second-order valence-corrected chi connectivity index (χ2v) is 3.64. The van der Waals surface area contributed by atoms with Crippen LogP contribution in [-0.2, 0) is 16.0 Å².